The van der Waals surface area contributed by atoms with Gasteiger partial charge in [-0.25, -0.2) is 0 Å². The van der Waals surface area contributed by atoms with Crippen molar-refractivity contribution in [2.45, 2.75) is 36.7 Å². The van der Waals surface area contributed by atoms with E-state index in [-0.39, 0.29) is 0 Å². The smallest absolute Gasteiger partial charge is 0.331 e. The first-order chi connectivity index (χ1) is 7.00. The lowest BCUT2D eigenvalue weighted by Crippen LogP contribution is -2.66. The fourth-order valence-electron chi connectivity index (χ4n) is 0.662. The number of hydrogen-bond acceptors (Lipinski definition) is 1. The number of aliphatic hydroxyl groups is 1. The largest absolute Gasteiger partial charge is 0.423 e. The first kappa shape index (κ1) is 16.3. The highest BCUT2D eigenvalue weighted by Crippen LogP contribution is 2.56. The Hall–Kier alpha value is -0.740. The van der Waals surface area contributed by atoms with Crippen LogP contribution in [0.4, 0.5) is 43.9 Å². The number of alkyl halides is 10. The second-order valence-corrected chi connectivity index (χ2v) is 3.15. The monoisotopic (exact) mass is 282 g/mol. The van der Waals surface area contributed by atoms with E-state index in [0.29, 0.717) is 0 Å². The normalized spacial score (nSPS) is 16.2. The average molecular weight is 282 g/mol. The third kappa shape index (κ3) is 2.16. The van der Waals surface area contributed by atoms with Crippen LogP contribution in [0.15, 0.2) is 0 Å². The van der Waals surface area contributed by atoms with Crippen LogP contribution >= 0.6 is 0 Å². The van der Waals surface area contributed by atoms with Crippen LogP contribution in [-0.4, -0.2) is 34.9 Å². The Morgan fingerprint density at radius 3 is 1.06 bits per heavy atom. The van der Waals surface area contributed by atoms with Crippen molar-refractivity contribution in [2.24, 2.45) is 0 Å². The van der Waals surface area contributed by atoms with E-state index in [4.69, 9.17) is 5.11 Å². The van der Waals surface area contributed by atoms with Crippen LogP contribution in [0.3, 0.4) is 0 Å². The van der Waals surface area contributed by atoms with E-state index in [1.54, 1.807) is 0 Å². The molecule has 0 rings (SSSR count). The van der Waals surface area contributed by atoms with Crippen LogP contribution in [0.25, 0.3) is 0 Å². The molecule has 0 aromatic carbocycles. The molecule has 0 aliphatic heterocycles. The molecule has 11 heteroatoms. The Morgan fingerprint density at radius 2 is 0.882 bits per heavy atom. The zero-order chi connectivity index (χ0) is 14.5. The topological polar surface area (TPSA) is 20.2 Å². The molecule has 1 nitrogen and oxygen atoms in total. The van der Waals surface area contributed by atoms with Gasteiger partial charge in [0.25, 0.3) is 0 Å². The Kier molecular flexibility index (Phi) is 3.47. The highest BCUT2D eigenvalue weighted by molar-refractivity contribution is 5.04. The minimum absolute atomic E-state index is 0.855. The molecule has 0 aliphatic carbocycles. The van der Waals surface area contributed by atoms with Gasteiger partial charge in [0.05, 0.1) is 0 Å². The molecule has 0 aromatic rings. The van der Waals surface area contributed by atoms with Crippen molar-refractivity contribution in [1.82, 2.24) is 0 Å². The molecule has 0 saturated carbocycles. The molecule has 104 valence electrons. The van der Waals surface area contributed by atoms with Gasteiger partial charge in [-0.3, -0.25) is 0 Å². The summed E-state index contributed by atoms with van der Waals surface area (Å²) in [7, 11) is 0. The van der Waals surface area contributed by atoms with Crippen molar-refractivity contribution >= 4 is 0 Å². The molecule has 17 heavy (non-hydrogen) atoms. The maximum absolute atomic E-state index is 12.4. The molecule has 0 fully saturated rings. The first-order valence-corrected chi connectivity index (χ1v) is 3.61. The van der Waals surface area contributed by atoms with Gasteiger partial charge in [-0.15, -0.1) is 0 Å². The van der Waals surface area contributed by atoms with Gasteiger partial charge >= 0.3 is 29.8 Å². The standard InChI is InChI=1S/C6H4F10O/c1-2(7,8)3(9,10)4(11,12)5(13,14)6(15,16)17/h17H,1H3. The highest BCUT2D eigenvalue weighted by atomic mass is 19.4. The summed E-state index contributed by atoms with van der Waals surface area (Å²) in [5.74, 6) is -26.7. The minimum atomic E-state index is -7.16. The van der Waals surface area contributed by atoms with E-state index >= 15 is 0 Å². The summed E-state index contributed by atoms with van der Waals surface area (Å²) in [6.45, 7) is -0.855. The Balaban J connectivity index is 5.73. The fraction of sp³-hybridized carbons (Fsp3) is 1.00. The first-order valence-electron chi connectivity index (χ1n) is 3.61. The molecular weight excluding hydrogens is 278 g/mol. The molecule has 0 radical (unpaired) electrons. The predicted octanol–water partition coefficient (Wildman–Crippen LogP) is 3.13. The molecule has 0 aliphatic rings. The van der Waals surface area contributed by atoms with Crippen molar-refractivity contribution in [1.29, 1.82) is 0 Å². The fourth-order valence-corrected chi connectivity index (χ4v) is 0.662. The number of rotatable bonds is 4. The van der Waals surface area contributed by atoms with Crippen molar-refractivity contribution in [3.63, 3.8) is 0 Å². The van der Waals surface area contributed by atoms with Crippen LogP contribution in [0, 0.1) is 0 Å². The third-order valence-corrected chi connectivity index (χ3v) is 1.72. The summed E-state index contributed by atoms with van der Waals surface area (Å²) >= 11 is 0. The minimum Gasteiger partial charge on any atom is -0.331 e. The van der Waals surface area contributed by atoms with Crippen LogP contribution in [-0.2, 0) is 0 Å². The van der Waals surface area contributed by atoms with Gasteiger partial charge < -0.3 is 5.11 Å². The summed E-state index contributed by atoms with van der Waals surface area (Å²) < 4.78 is 121. The lowest BCUT2D eigenvalue weighted by atomic mass is 9.99. The van der Waals surface area contributed by atoms with E-state index in [1.165, 1.54) is 0 Å². The third-order valence-electron chi connectivity index (χ3n) is 1.72. The van der Waals surface area contributed by atoms with Crippen LogP contribution in [0.1, 0.15) is 6.92 Å². The summed E-state index contributed by atoms with van der Waals surface area (Å²) in [4.78, 5) is 0. The summed E-state index contributed by atoms with van der Waals surface area (Å²) in [6.07, 6.45) is -6.59. The molecular formula is C6H4F10O. The molecule has 0 heterocycles. The lowest BCUT2D eigenvalue weighted by molar-refractivity contribution is -0.436. The molecule has 0 atom stereocenters. The van der Waals surface area contributed by atoms with Crippen molar-refractivity contribution < 1.29 is 49.0 Å². The number of halogens is 10. The predicted molar refractivity (Wildman–Crippen MR) is 32.6 cm³/mol. The number of hydrogen-bond donors (Lipinski definition) is 1. The van der Waals surface area contributed by atoms with Crippen LogP contribution in [0.5, 0.6) is 0 Å². The van der Waals surface area contributed by atoms with Gasteiger partial charge in [0, 0.05) is 6.92 Å². The molecule has 0 unspecified atom stereocenters. The maximum Gasteiger partial charge on any atom is 0.423 e. The van der Waals surface area contributed by atoms with Gasteiger partial charge in [0.1, 0.15) is 0 Å². The van der Waals surface area contributed by atoms with Gasteiger partial charge in [-0.1, -0.05) is 0 Å². The van der Waals surface area contributed by atoms with E-state index in [1.807, 2.05) is 0 Å². The molecule has 0 bridgehead atoms. The Bertz CT molecular complexity index is 256. The van der Waals surface area contributed by atoms with Crippen LogP contribution in [0.2, 0.25) is 0 Å². The zero-order valence-corrected chi connectivity index (χ0v) is 7.73. The van der Waals surface area contributed by atoms with Gasteiger partial charge in [-0.05, 0) is 0 Å². The zero-order valence-electron chi connectivity index (χ0n) is 7.73. The van der Waals surface area contributed by atoms with E-state index in [2.05, 4.69) is 0 Å². The maximum atomic E-state index is 12.4. The van der Waals surface area contributed by atoms with Crippen molar-refractivity contribution in [3.8, 4) is 0 Å². The van der Waals surface area contributed by atoms with E-state index in [9.17, 15) is 43.9 Å². The summed E-state index contributed by atoms with van der Waals surface area (Å²) in [5.41, 5.74) is 0. The van der Waals surface area contributed by atoms with Gasteiger partial charge in [-0.2, -0.15) is 43.9 Å². The second-order valence-electron chi connectivity index (χ2n) is 3.15. The molecule has 0 aromatic heterocycles. The molecule has 0 saturated heterocycles. The lowest BCUT2D eigenvalue weighted by Gasteiger charge is -2.36. The summed E-state index contributed by atoms with van der Waals surface area (Å²) in [6, 6.07) is 0. The Labute approximate surface area is 87.0 Å². The summed E-state index contributed by atoms with van der Waals surface area (Å²) in [5, 5.41) is 7.37. The van der Waals surface area contributed by atoms with Gasteiger partial charge in [0.2, 0.25) is 0 Å². The second kappa shape index (κ2) is 3.62. The molecule has 0 spiro atoms. The Morgan fingerprint density at radius 1 is 0.588 bits per heavy atom. The average Bonchev–Trinajstić information content (AvgIpc) is 1.98. The molecule has 1 N–H and O–H groups in total. The van der Waals surface area contributed by atoms with Crippen LogP contribution < -0.4 is 0 Å². The molecule has 0 amide bonds. The van der Waals surface area contributed by atoms with E-state index < -0.39 is 36.7 Å². The quantitative estimate of drug-likeness (QED) is 0.785. The highest BCUT2D eigenvalue weighted by Gasteiger charge is 2.85. The van der Waals surface area contributed by atoms with Gasteiger partial charge in [0.15, 0.2) is 0 Å². The van der Waals surface area contributed by atoms with Crippen molar-refractivity contribution in [2.75, 3.05) is 0 Å². The van der Waals surface area contributed by atoms with E-state index in [0.717, 1.165) is 0 Å². The van der Waals surface area contributed by atoms with Crippen molar-refractivity contribution in [3.05, 3.63) is 0 Å². The SMILES string of the molecule is CC(F)(F)C(F)(F)C(F)(F)C(F)(F)C(O)(F)F.